The zero-order valence-electron chi connectivity index (χ0n) is 14.9. The number of anilines is 1. The summed E-state index contributed by atoms with van der Waals surface area (Å²) >= 11 is 0. The summed E-state index contributed by atoms with van der Waals surface area (Å²) in [6, 6.07) is 3.73. The minimum Gasteiger partial charge on any atom is -0.497 e. The van der Waals surface area contributed by atoms with E-state index in [0.717, 1.165) is 0 Å². The van der Waals surface area contributed by atoms with Gasteiger partial charge in [0.2, 0.25) is 0 Å². The molecule has 3 rings (SSSR count). The highest BCUT2D eigenvalue weighted by atomic mass is 32.2. The summed E-state index contributed by atoms with van der Waals surface area (Å²) < 4.78 is 66.0. The number of benzene rings is 1. The number of ether oxygens (including phenoxy) is 3. The number of sulfonamides is 1. The van der Waals surface area contributed by atoms with Crippen molar-refractivity contribution in [3.63, 3.8) is 0 Å². The topological polar surface area (TPSA) is 124 Å². The zero-order chi connectivity index (χ0) is 20.6. The summed E-state index contributed by atoms with van der Waals surface area (Å²) in [5.41, 5.74) is 0.0309. The lowest BCUT2D eigenvalue weighted by Crippen LogP contribution is -2.42. The van der Waals surface area contributed by atoms with Crippen LogP contribution in [-0.2, 0) is 10.0 Å². The third-order valence-corrected chi connectivity index (χ3v) is 5.51. The van der Waals surface area contributed by atoms with Crippen LogP contribution in [0.5, 0.6) is 17.8 Å². The number of halogens is 2. The third kappa shape index (κ3) is 3.16. The monoisotopic (exact) mass is 418 g/mol. The molecule has 1 N–H and O–H groups in total. The molecule has 0 saturated heterocycles. The van der Waals surface area contributed by atoms with Gasteiger partial charge in [-0.05, 0) is 23.8 Å². The lowest BCUT2D eigenvalue weighted by Gasteiger charge is -2.24. The van der Waals surface area contributed by atoms with Crippen LogP contribution >= 0.6 is 0 Å². The van der Waals surface area contributed by atoms with Crippen molar-refractivity contribution in [2.45, 2.75) is 17.9 Å². The lowest BCUT2D eigenvalue weighted by atomic mass is 9.99. The van der Waals surface area contributed by atoms with Gasteiger partial charge in [0.1, 0.15) is 5.75 Å². The molecule has 1 aliphatic rings. The molecule has 2 aromatic rings. The first-order valence-electron chi connectivity index (χ1n) is 7.76. The maximum Gasteiger partial charge on any atom is 0.355 e. The van der Waals surface area contributed by atoms with Crippen molar-refractivity contribution in [2.75, 3.05) is 25.6 Å². The van der Waals surface area contributed by atoms with E-state index in [2.05, 4.69) is 15.0 Å². The fraction of sp³-hybridized carbons (Fsp3) is 0.400. The molecule has 0 radical (unpaired) electrons. The van der Waals surface area contributed by atoms with Gasteiger partial charge < -0.3 is 19.3 Å². The van der Waals surface area contributed by atoms with Crippen LogP contribution in [0.1, 0.15) is 17.3 Å². The number of aromatic nitrogens is 3. The number of hydrogen-bond acceptors (Lipinski definition) is 9. The number of alkyl halides is 2. The van der Waals surface area contributed by atoms with E-state index in [-0.39, 0.29) is 33.4 Å². The first kappa shape index (κ1) is 19.9. The molecule has 0 spiro atoms. The highest BCUT2D eigenvalue weighted by Crippen LogP contribution is 2.46. The van der Waals surface area contributed by atoms with Gasteiger partial charge in [-0.15, -0.1) is 4.98 Å². The van der Waals surface area contributed by atoms with Gasteiger partial charge in [0.15, 0.2) is 12.1 Å². The molecule has 152 valence electrons. The average molecular weight is 418 g/mol. The fourth-order valence-corrected chi connectivity index (χ4v) is 3.90. The molecule has 2 heterocycles. The van der Waals surface area contributed by atoms with Crippen LogP contribution in [0, 0.1) is 0 Å². The van der Waals surface area contributed by atoms with Crippen molar-refractivity contribution in [1.82, 2.24) is 15.0 Å². The van der Waals surface area contributed by atoms with Crippen LogP contribution in [-0.4, -0.2) is 61.8 Å². The Kier molecular flexibility index (Phi) is 5.21. The third-order valence-electron chi connectivity index (χ3n) is 4.10. The van der Waals surface area contributed by atoms with Gasteiger partial charge >= 0.3 is 17.8 Å². The SMILES string of the molecule is COc1ccc2c(c1)C(c1nc(OC)nc(OC)n1)C(O)N2S(=O)(=O)C(F)F. The molecule has 0 fully saturated rings. The van der Waals surface area contributed by atoms with Gasteiger partial charge in [0.05, 0.1) is 32.9 Å². The van der Waals surface area contributed by atoms with Crippen molar-refractivity contribution in [1.29, 1.82) is 0 Å². The molecule has 1 aromatic carbocycles. The van der Waals surface area contributed by atoms with Gasteiger partial charge in [-0.25, -0.2) is 12.7 Å². The molecule has 2 unspecified atom stereocenters. The molecule has 13 heteroatoms. The Morgan fingerprint density at radius 3 is 2.18 bits per heavy atom. The van der Waals surface area contributed by atoms with Gasteiger partial charge in [0, 0.05) is 0 Å². The molecular weight excluding hydrogens is 402 g/mol. The Hall–Kier alpha value is -2.80. The summed E-state index contributed by atoms with van der Waals surface area (Å²) in [5, 5.41) is 10.7. The van der Waals surface area contributed by atoms with Crippen molar-refractivity contribution in [3.8, 4) is 17.8 Å². The number of aliphatic hydroxyl groups is 1. The maximum absolute atomic E-state index is 13.2. The molecule has 0 aliphatic carbocycles. The number of aliphatic hydroxyl groups excluding tert-OH is 1. The number of rotatable bonds is 6. The molecule has 2 atom stereocenters. The minimum absolute atomic E-state index is 0.127. The van der Waals surface area contributed by atoms with E-state index in [1.54, 1.807) is 0 Å². The van der Waals surface area contributed by atoms with Gasteiger partial charge in [-0.1, -0.05) is 0 Å². The van der Waals surface area contributed by atoms with Crippen molar-refractivity contribution >= 4 is 15.7 Å². The van der Waals surface area contributed by atoms with E-state index in [4.69, 9.17) is 14.2 Å². The van der Waals surface area contributed by atoms with E-state index >= 15 is 0 Å². The predicted octanol–water partition coefficient (Wildman–Crippen LogP) is 0.720. The highest BCUT2D eigenvalue weighted by molar-refractivity contribution is 7.93. The molecule has 28 heavy (non-hydrogen) atoms. The summed E-state index contributed by atoms with van der Waals surface area (Å²) in [6.07, 6.45) is -1.93. The highest BCUT2D eigenvalue weighted by Gasteiger charge is 2.49. The summed E-state index contributed by atoms with van der Waals surface area (Å²) in [4.78, 5) is 11.9. The van der Waals surface area contributed by atoms with Gasteiger partial charge in [-0.2, -0.15) is 18.7 Å². The summed E-state index contributed by atoms with van der Waals surface area (Å²) in [7, 11) is -1.20. The quantitative estimate of drug-likeness (QED) is 0.722. The lowest BCUT2D eigenvalue weighted by molar-refractivity contribution is 0.168. The Bertz CT molecular complexity index is 968. The Balaban J connectivity index is 2.23. The average Bonchev–Trinajstić information content (AvgIpc) is 2.98. The van der Waals surface area contributed by atoms with Crippen LogP contribution in [0.4, 0.5) is 14.5 Å². The Labute approximate surface area is 158 Å². The molecule has 1 aliphatic heterocycles. The van der Waals surface area contributed by atoms with Gasteiger partial charge in [0.25, 0.3) is 10.0 Å². The first-order chi connectivity index (χ1) is 13.2. The van der Waals surface area contributed by atoms with E-state index in [1.165, 1.54) is 39.5 Å². The van der Waals surface area contributed by atoms with Crippen LogP contribution < -0.4 is 18.5 Å². The van der Waals surface area contributed by atoms with Crippen molar-refractivity contribution in [3.05, 3.63) is 29.6 Å². The largest absolute Gasteiger partial charge is 0.497 e. The molecule has 0 saturated carbocycles. The van der Waals surface area contributed by atoms with Crippen LogP contribution in [0.2, 0.25) is 0 Å². The second kappa shape index (κ2) is 7.31. The van der Waals surface area contributed by atoms with Crippen molar-refractivity contribution < 1.29 is 36.5 Å². The second-order valence-electron chi connectivity index (χ2n) is 5.58. The standard InChI is InChI=1S/C15H16F2N4O6S/c1-25-7-4-5-9-8(6-7)10(12(22)21(9)28(23,24)13(16)17)11-18-14(26-2)20-15(19-11)27-3/h4-6,10,12-13,22H,1-3H3. The molecule has 0 amide bonds. The number of methoxy groups -OCH3 is 3. The maximum atomic E-state index is 13.2. The smallest absolute Gasteiger partial charge is 0.355 e. The molecular formula is C15H16F2N4O6S. The van der Waals surface area contributed by atoms with E-state index in [1.807, 2.05) is 0 Å². The Morgan fingerprint density at radius 2 is 1.68 bits per heavy atom. The van der Waals surface area contributed by atoms with E-state index in [9.17, 15) is 22.3 Å². The van der Waals surface area contributed by atoms with E-state index < -0.39 is 27.9 Å². The van der Waals surface area contributed by atoms with Crippen LogP contribution in [0.25, 0.3) is 0 Å². The van der Waals surface area contributed by atoms with Gasteiger partial charge in [-0.3, -0.25) is 0 Å². The molecule has 0 bridgehead atoms. The minimum atomic E-state index is -5.16. The zero-order valence-corrected chi connectivity index (χ0v) is 15.7. The van der Waals surface area contributed by atoms with E-state index in [0.29, 0.717) is 5.75 Å². The second-order valence-corrected chi connectivity index (χ2v) is 7.36. The van der Waals surface area contributed by atoms with Crippen LogP contribution in [0.15, 0.2) is 18.2 Å². The number of fused-ring (bicyclic) bond motifs is 1. The molecule has 1 aromatic heterocycles. The Morgan fingerprint density at radius 1 is 1.07 bits per heavy atom. The normalized spacial score (nSPS) is 18.9. The summed E-state index contributed by atoms with van der Waals surface area (Å²) in [5.74, 6) is -4.76. The summed E-state index contributed by atoms with van der Waals surface area (Å²) in [6.45, 7) is 0. The first-order valence-corrected chi connectivity index (χ1v) is 9.26. The molecule has 10 nitrogen and oxygen atoms in total. The van der Waals surface area contributed by atoms with Crippen molar-refractivity contribution in [2.24, 2.45) is 0 Å². The number of nitrogens with zero attached hydrogens (tertiary/aromatic N) is 4. The fourth-order valence-electron chi connectivity index (χ4n) is 2.87. The predicted molar refractivity (Wildman–Crippen MR) is 91.2 cm³/mol. The van der Waals surface area contributed by atoms with Crippen LogP contribution in [0.3, 0.4) is 0 Å². The number of hydrogen-bond donors (Lipinski definition) is 1.